The molecule has 1 aromatic carbocycles. The number of aromatic nitrogens is 1. The highest BCUT2D eigenvalue weighted by molar-refractivity contribution is 6.17. The molecule has 0 aliphatic carbocycles. The molecule has 0 fully saturated rings. The van der Waals surface area contributed by atoms with Gasteiger partial charge < -0.3 is 5.32 Å². The Labute approximate surface area is 134 Å². The summed E-state index contributed by atoms with van der Waals surface area (Å²) in [6.45, 7) is 1.77. The molecule has 114 valence electrons. The monoisotopic (exact) mass is 305 g/mol. The van der Waals surface area contributed by atoms with Crippen LogP contribution < -0.4 is 10.2 Å². The molecule has 1 aromatic heterocycles. The number of fused-ring (bicyclic) bond motifs is 2. The van der Waals surface area contributed by atoms with Crippen LogP contribution in [0.5, 0.6) is 0 Å². The van der Waals surface area contributed by atoms with E-state index in [1.54, 1.807) is 49.5 Å². The largest absolute Gasteiger partial charge is 0.319 e. The van der Waals surface area contributed by atoms with E-state index in [4.69, 9.17) is 6.42 Å². The molecular weight excluding hydrogens is 290 g/mol. The van der Waals surface area contributed by atoms with E-state index in [-0.39, 0.29) is 17.7 Å². The Hall–Kier alpha value is -3.13. The van der Waals surface area contributed by atoms with Crippen LogP contribution in [0.4, 0.5) is 17.2 Å². The van der Waals surface area contributed by atoms with Crippen molar-refractivity contribution in [3.63, 3.8) is 0 Å². The molecule has 0 bridgehead atoms. The van der Waals surface area contributed by atoms with Crippen molar-refractivity contribution in [2.24, 2.45) is 5.92 Å². The van der Waals surface area contributed by atoms with Crippen molar-refractivity contribution in [2.75, 3.05) is 10.2 Å². The van der Waals surface area contributed by atoms with Crippen LogP contribution in [0.15, 0.2) is 42.6 Å². The SMILES string of the molecule is C#CCC(C)C(=O)N1c2ccccc2C(=O)Nc2cccnc21. The third kappa shape index (κ3) is 2.55. The standard InChI is InChI=1S/C18H15N3O2/c1-3-7-12(2)18(23)21-15-10-5-4-8-13(15)17(22)20-14-9-6-11-19-16(14)21/h1,4-6,8-12H,7H2,2H3,(H,20,22). The van der Waals surface area contributed by atoms with Gasteiger partial charge in [0.05, 0.1) is 16.9 Å². The molecule has 0 saturated heterocycles. The predicted molar refractivity (Wildman–Crippen MR) is 88.4 cm³/mol. The molecule has 1 N–H and O–H groups in total. The minimum Gasteiger partial charge on any atom is -0.319 e. The van der Waals surface area contributed by atoms with Crippen molar-refractivity contribution >= 4 is 29.0 Å². The quantitative estimate of drug-likeness (QED) is 0.868. The van der Waals surface area contributed by atoms with Gasteiger partial charge in [0, 0.05) is 18.5 Å². The van der Waals surface area contributed by atoms with Crippen LogP contribution in [0, 0.1) is 18.3 Å². The first-order chi connectivity index (χ1) is 11.1. The predicted octanol–water partition coefficient (Wildman–Crippen LogP) is 2.97. The van der Waals surface area contributed by atoms with E-state index in [0.717, 1.165) is 0 Å². The number of carbonyl (C=O) groups is 2. The summed E-state index contributed by atoms with van der Waals surface area (Å²) in [6.07, 6.45) is 7.24. The lowest BCUT2D eigenvalue weighted by Gasteiger charge is -2.25. The highest BCUT2D eigenvalue weighted by Crippen LogP contribution is 2.37. The number of amides is 2. The number of hydrogen-bond acceptors (Lipinski definition) is 3. The van der Waals surface area contributed by atoms with Crippen LogP contribution in [0.25, 0.3) is 0 Å². The van der Waals surface area contributed by atoms with Gasteiger partial charge in [-0.2, -0.15) is 0 Å². The Kier molecular flexibility index (Phi) is 3.82. The Bertz CT molecular complexity index is 823. The molecule has 5 heteroatoms. The zero-order chi connectivity index (χ0) is 16.4. The summed E-state index contributed by atoms with van der Waals surface area (Å²) in [7, 11) is 0. The van der Waals surface area contributed by atoms with Crippen molar-refractivity contribution in [1.29, 1.82) is 0 Å². The first-order valence-corrected chi connectivity index (χ1v) is 7.26. The number of hydrogen-bond donors (Lipinski definition) is 1. The summed E-state index contributed by atoms with van der Waals surface area (Å²) in [5.74, 6) is 2.08. The number of terminal acetylenes is 1. The third-order valence-corrected chi connectivity index (χ3v) is 3.70. The van der Waals surface area contributed by atoms with E-state index >= 15 is 0 Å². The van der Waals surface area contributed by atoms with E-state index in [1.165, 1.54) is 4.90 Å². The first kappa shape index (κ1) is 14.8. The summed E-state index contributed by atoms with van der Waals surface area (Å²) in [6, 6.07) is 10.4. The van der Waals surface area contributed by atoms with Crippen LogP contribution in [-0.2, 0) is 4.79 Å². The normalized spacial score (nSPS) is 13.9. The van der Waals surface area contributed by atoms with Crippen molar-refractivity contribution in [3.8, 4) is 12.3 Å². The molecule has 23 heavy (non-hydrogen) atoms. The second-order valence-electron chi connectivity index (χ2n) is 5.33. The first-order valence-electron chi connectivity index (χ1n) is 7.26. The second-order valence-corrected chi connectivity index (χ2v) is 5.33. The maximum absolute atomic E-state index is 12.9. The fourth-order valence-electron chi connectivity index (χ4n) is 2.54. The van der Waals surface area contributed by atoms with Crippen LogP contribution >= 0.6 is 0 Å². The van der Waals surface area contributed by atoms with Crippen molar-refractivity contribution in [1.82, 2.24) is 4.98 Å². The summed E-state index contributed by atoms with van der Waals surface area (Å²) >= 11 is 0. The third-order valence-electron chi connectivity index (χ3n) is 3.70. The Morgan fingerprint density at radius 1 is 1.35 bits per heavy atom. The van der Waals surface area contributed by atoms with Gasteiger partial charge in [-0.05, 0) is 24.3 Å². The molecular formula is C18H15N3O2. The van der Waals surface area contributed by atoms with Crippen molar-refractivity contribution in [3.05, 3.63) is 48.2 Å². The van der Waals surface area contributed by atoms with Crippen LogP contribution in [0.2, 0.25) is 0 Å². The Balaban J connectivity index is 2.21. The highest BCUT2D eigenvalue weighted by atomic mass is 16.2. The van der Waals surface area contributed by atoms with Gasteiger partial charge in [-0.25, -0.2) is 4.98 Å². The molecule has 0 radical (unpaired) electrons. The van der Waals surface area contributed by atoms with Gasteiger partial charge in [0.25, 0.3) is 5.91 Å². The minimum absolute atomic E-state index is 0.188. The minimum atomic E-state index is -0.379. The van der Waals surface area contributed by atoms with Gasteiger partial charge in [-0.15, -0.1) is 12.3 Å². The summed E-state index contributed by atoms with van der Waals surface area (Å²) in [5.41, 5.74) is 1.43. The molecule has 2 aromatic rings. The van der Waals surface area contributed by atoms with Gasteiger partial charge >= 0.3 is 0 Å². The number of anilines is 3. The fraction of sp³-hybridized carbons (Fsp3) is 0.167. The van der Waals surface area contributed by atoms with Gasteiger partial charge in [-0.3, -0.25) is 14.5 Å². The number of rotatable bonds is 2. The average molecular weight is 305 g/mol. The lowest BCUT2D eigenvalue weighted by Crippen LogP contribution is -2.32. The van der Waals surface area contributed by atoms with Crippen LogP contribution in [0.1, 0.15) is 23.7 Å². The number of nitrogens with one attached hydrogen (secondary N) is 1. The molecule has 5 nitrogen and oxygen atoms in total. The molecule has 0 spiro atoms. The fourth-order valence-corrected chi connectivity index (χ4v) is 2.54. The maximum atomic E-state index is 12.9. The van der Waals surface area contributed by atoms with Crippen LogP contribution in [0.3, 0.4) is 0 Å². The Morgan fingerprint density at radius 2 is 2.13 bits per heavy atom. The summed E-state index contributed by atoms with van der Waals surface area (Å²) in [5, 5.41) is 2.80. The maximum Gasteiger partial charge on any atom is 0.257 e. The van der Waals surface area contributed by atoms with Gasteiger partial charge in [0.2, 0.25) is 5.91 Å². The number of benzene rings is 1. The second kappa shape index (κ2) is 5.93. The molecule has 3 rings (SSSR count). The van der Waals surface area contributed by atoms with Crippen LogP contribution in [-0.4, -0.2) is 16.8 Å². The number of carbonyl (C=O) groups excluding carboxylic acids is 2. The van der Waals surface area contributed by atoms with Gasteiger partial charge in [0.1, 0.15) is 0 Å². The van der Waals surface area contributed by atoms with Crippen molar-refractivity contribution in [2.45, 2.75) is 13.3 Å². The van der Waals surface area contributed by atoms with Crippen molar-refractivity contribution < 1.29 is 9.59 Å². The number of pyridine rings is 1. The molecule has 1 unspecified atom stereocenters. The number of para-hydroxylation sites is 1. The topological polar surface area (TPSA) is 62.3 Å². The van der Waals surface area contributed by atoms with E-state index < -0.39 is 0 Å². The van der Waals surface area contributed by atoms with E-state index in [0.29, 0.717) is 29.2 Å². The molecule has 1 aliphatic heterocycles. The van der Waals surface area contributed by atoms with E-state index in [1.807, 2.05) is 0 Å². The number of nitrogens with zero attached hydrogens (tertiary/aromatic N) is 2. The lowest BCUT2D eigenvalue weighted by molar-refractivity contribution is -0.121. The lowest BCUT2D eigenvalue weighted by atomic mass is 10.0. The molecule has 0 saturated carbocycles. The van der Waals surface area contributed by atoms with E-state index in [2.05, 4.69) is 16.2 Å². The van der Waals surface area contributed by atoms with Gasteiger partial charge in [0.15, 0.2) is 5.82 Å². The smallest absolute Gasteiger partial charge is 0.257 e. The Morgan fingerprint density at radius 3 is 2.91 bits per heavy atom. The molecule has 2 heterocycles. The zero-order valence-corrected chi connectivity index (χ0v) is 12.6. The van der Waals surface area contributed by atoms with E-state index in [9.17, 15) is 9.59 Å². The van der Waals surface area contributed by atoms with Gasteiger partial charge in [-0.1, -0.05) is 19.1 Å². The zero-order valence-electron chi connectivity index (χ0n) is 12.6. The average Bonchev–Trinajstić information content (AvgIpc) is 2.69. The summed E-state index contributed by atoms with van der Waals surface area (Å²) in [4.78, 5) is 31.1. The highest BCUT2D eigenvalue weighted by Gasteiger charge is 2.32. The summed E-state index contributed by atoms with van der Waals surface area (Å²) < 4.78 is 0. The molecule has 2 amide bonds. The molecule has 1 atom stereocenters. The molecule has 1 aliphatic rings.